The number of carbonyl (C=O) groups excluding carboxylic acids is 1. The average Bonchev–Trinajstić information content (AvgIpc) is 2.39. The van der Waals surface area contributed by atoms with Crippen molar-refractivity contribution in [1.29, 1.82) is 0 Å². The van der Waals surface area contributed by atoms with Crippen LogP contribution in [0.2, 0.25) is 0 Å². The highest BCUT2D eigenvalue weighted by Crippen LogP contribution is 2.20. The molecule has 0 radical (unpaired) electrons. The monoisotopic (exact) mass is 225 g/mol. The van der Waals surface area contributed by atoms with Gasteiger partial charge in [0.1, 0.15) is 0 Å². The molecule has 16 heavy (non-hydrogen) atoms. The van der Waals surface area contributed by atoms with Gasteiger partial charge in [0, 0.05) is 19.1 Å². The van der Waals surface area contributed by atoms with E-state index in [0.717, 1.165) is 25.9 Å². The molecule has 0 aromatic heterocycles. The third-order valence-electron chi connectivity index (χ3n) is 3.90. The Morgan fingerprint density at radius 3 is 2.25 bits per heavy atom. The summed E-state index contributed by atoms with van der Waals surface area (Å²) in [4.78, 5) is 16.0. The van der Waals surface area contributed by atoms with E-state index < -0.39 is 0 Å². The van der Waals surface area contributed by atoms with Gasteiger partial charge in [-0.3, -0.25) is 4.79 Å². The lowest BCUT2D eigenvalue weighted by molar-refractivity contribution is -0.131. The Kier molecular flexibility index (Phi) is 4.18. The molecule has 0 saturated carbocycles. The molecule has 92 valence electrons. The molecule has 2 saturated heterocycles. The number of hydrogen-bond donors (Lipinski definition) is 1. The smallest absolute Gasteiger partial charge is 0.236 e. The summed E-state index contributed by atoms with van der Waals surface area (Å²) in [7, 11) is 0. The van der Waals surface area contributed by atoms with Gasteiger partial charge in [-0.05, 0) is 38.8 Å². The van der Waals surface area contributed by atoms with Crippen molar-refractivity contribution in [2.75, 3.05) is 32.7 Å². The van der Waals surface area contributed by atoms with Crippen LogP contribution in [0.25, 0.3) is 0 Å². The highest BCUT2D eigenvalue weighted by atomic mass is 16.2. The number of nitrogens with two attached hydrogens (primary N) is 1. The minimum atomic E-state index is 0.108. The quantitative estimate of drug-likeness (QED) is 0.741. The molecular formula is C12H23N3O. The molecule has 2 heterocycles. The van der Waals surface area contributed by atoms with Crippen LogP contribution in [0.1, 0.15) is 32.1 Å². The van der Waals surface area contributed by atoms with E-state index in [1.165, 1.54) is 32.4 Å². The van der Waals surface area contributed by atoms with Crippen molar-refractivity contribution in [3.05, 3.63) is 0 Å². The number of likely N-dealkylation sites (tertiary alicyclic amines) is 2. The van der Waals surface area contributed by atoms with Gasteiger partial charge in [-0.1, -0.05) is 6.42 Å². The summed E-state index contributed by atoms with van der Waals surface area (Å²) in [5.74, 6) is 0.108. The van der Waals surface area contributed by atoms with Crippen LogP contribution in [0.3, 0.4) is 0 Å². The molecule has 2 fully saturated rings. The largest absolute Gasteiger partial charge is 0.341 e. The second kappa shape index (κ2) is 5.64. The Morgan fingerprint density at radius 1 is 1.06 bits per heavy atom. The number of rotatable bonds is 2. The molecule has 0 spiro atoms. The van der Waals surface area contributed by atoms with E-state index >= 15 is 0 Å². The number of carbonyl (C=O) groups is 1. The molecule has 0 aromatic carbocycles. The number of nitrogens with zero attached hydrogens (tertiary/aromatic N) is 2. The molecular weight excluding hydrogens is 202 g/mol. The number of amides is 1. The van der Waals surface area contributed by atoms with Gasteiger partial charge < -0.3 is 15.5 Å². The van der Waals surface area contributed by atoms with Crippen LogP contribution < -0.4 is 5.73 Å². The fourth-order valence-electron chi connectivity index (χ4n) is 2.89. The van der Waals surface area contributed by atoms with Crippen molar-refractivity contribution in [2.24, 2.45) is 5.73 Å². The highest BCUT2D eigenvalue weighted by molar-refractivity contribution is 5.78. The minimum Gasteiger partial charge on any atom is -0.341 e. The Labute approximate surface area is 97.8 Å². The summed E-state index contributed by atoms with van der Waals surface area (Å²) in [6.07, 6.45) is 6.35. The van der Waals surface area contributed by atoms with Crippen molar-refractivity contribution >= 4 is 5.91 Å². The van der Waals surface area contributed by atoms with Gasteiger partial charge in [-0.2, -0.15) is 0 Å². The Balaban J connectivity index is 1.78. The first kappa shape index (κ1) is 11.9. The molecule has 0 aliphatic carbocycles. The van der Waals surface area contributed by atoms with Gasteiger partial charge in [-0.15, -0.1) is 0 Å². The van der Waals surface area contributed by atoms with Gasteiger partial charge >= 0.3 is 0 Å². The first-order valence-electron chi connectivity index (χ1n) is 6.53. The SMILES string of the molecule is NCC(=O)N1CCC(N2CCCCC2)CC1. The average molecular weight is 225 g/mol. The molecule has 2 rings (SSSR count). The van der Waals surface area contributed by atoms with E-state index in [4.69, 9.17) is 5.73 Å². The maximum Gasteiger partial charge on any atom is 0.236 e. The zero-order valence-corrected chi connectivity index (χ0v) is 10.0. The summed E-state index contributed by atoms with van der Waals surface area (Å²) < 4.78 is 0. The third kappa shape index (κ3) is 2.74. The van der Waals surface area contributed by atoms with Crippen LogP contribution in [0.15, 0.2) is 0 Å². The van der Waals surface area contributed by atoms with Crippen molar-refractivity contribution in [3.8, 4) is 0 Å². The highest BCUT2D eigenvalue weighted by Gasteiger charge is 2.26. The fourth-order valence-corrected chi connectivity index (χ4v) is 2.89. The lowest BCUT2D eigenvalue weighted by atomic mass is 10.00. The van der Waals surface area contributed by atoms with E-state index in [-0.39, 0.29) is 12.5 Å². The molecule has 4 heteroatoms. The first-order valence-corrected chi connectivity index (χ1v) is 6.53. The van der Waals surface area contributed by atoms with Crippen LogP contribution >= 0.6 is 0 Å². The summed E-state index contributed by atoms with van der Waals surface area (Å²) in [6.45, 7) is 4.48. The van der Waals surface area contributed by atoms with Crippen molar-refractivity contribution in [2.45, 2.75) is 38.1 Å². The standard InChI is InChI=1S/C12H23N3O/c13-10-12(16)15-8-4-11(5-9-15)14-6-2-1-3-7-14/h11H,1-10,13H2. The van der Waals surface area contributed by atoms with E-state index in [9.17, 15) is 4.79 Å². The molecule has 0 atom stereocenters. The van der Waals surface area contributed by atoms with Crippen molar-refractivity contribution < 1.29 is 4.79 Å². The summed E-state index contributed by atoms with van der Waals surface area (Å²) in [5.41, 5.74) is 5.38. The van der Waals surface area contributed by atoms with Gasteiger partial charge in [0.2, 0.25) is 5.91 Å². The van der Waals surface area contributed by atoms with E-state index in [1.807, 2.05) is 4.90 Å². The van der Waals surface area contributed by atoms with Gasteiger partial charge in [0.05, 0.1) is 6.54 Å². The zero-order chi connectivity index (χ0) is 11.4. The van der Waals surface area contributed by atoms with E-state index in [1.54, 1.807) is 0 Å². The molecule has 0 aromatic rings. The normalized spacial score (nSPS) is 24.7. The molecule has 2 aliphatic heterocycles. The second-order valence-electron chi connectivity index (χ2n) is 4.91. The molecule has 2 N–H and O–H groups in total. The van der Waals surface area contributed by atoms with E-state index in [2.05, 4.69) is 4.90 Å². The first-order chi connectivity index (χ1) is 7.81. The Hall–Kier alpha value is -0.610. The van der Waals surface area contributed by atoms with Gasteiger partial charge in [0.15, 0.2) is 0 Å². The third-order valence-corrected chi connectivity index (χ3v) is 3.90. The van der Waals surface area contributed by atoms with E-state index in [0.29, 0.717) is 6.04 Å². The second-order valence-corrected chi connectivity index (χ2v) is 4.91. The molecule has 2 aliphatic rings. The predicted octanol–water partition coefficient (Wildman–Crippen LogP) is 0.422. The van der Waals surface area contributed by atoms with Gasteiger partial charge in [0.25, 0.3) is 0 Å². The van der Waals surface area contributed by atoms with Crippen LogP contribution in [0, 0.1) is 0 Å². The Bertz CT molecular complexity index is 230. The topological polar surface area (TPSA) is 49.6 Å². The maximum atomic E-state index is 11.4. The minimum absolute atomic E-state index is 0.108. The zero-order valence-electron chi connectivity index (χ0n) is 10.0. The Morgan fingerprint density at radius 2 is 1.69 bits per heavy atom. The summed E-state index contributed by atoms with van der Waals surface area (Å²) >= 11 is 0. The van der Waals surface area contributed by atoms with Crippen LogP contribution in [-0.2, 0) is 4.79 Å². The molecule has 1 amide bonds. The lowest BCUT2D eigenvalue weighted by Crippen LogP contribution is -2.49. The summed E-state index contributed by atoms with van der Waals surface area (Å²) in [6, 6.07) is 0.710. The molecule has 0 bridgehead atoms. The van der Waals surface area contributed by atoms with Crippen molar-refractivity contribution in [1.82, 2.24) is 9.80 Å². The van der Waals surface area contributed by atoms with Crippen LogP contribution in [0.5, 0.6) is 0 Å². The fraction of sp³-hybridized carbons (Fsp3) is 0.917. The van der Waals surface area contributed by atoms with Crippen LogP contribution in [-0.4, -0.2) is 54.5 Å². The summed E-state index contributed by atoms with van der Waals surface area (Å²) in [5, 5.41) is 0. The molecule has 0 unspecified atom stereocenters. The number of piperidine rings is 2. The van der Waals surface area contributed by atoms with Crippen LogP contribution in [0.4, 0.5) is 0 Å². The molecule has 4 nitrogen and oxygen atoms in total. The predicted molar refractivity (Wildman–Crippen MR) is 64.1 cm³/mol. The number of hydrogen-bond acceptors (Lipinski definition) is 3. The van der Waals surface area contributed by atoms with Crippen molar-refractivity contribution in [3.63, 3.8) is 0 Å². The maximum absolute atomic E-state index is 11.4. The lowest BCUT2D eigenvalue weighted by Gasteiger charge is -2.40. The van der Waals surface area contributed by atoms with Gasteiger partial charge in [-0.25, -0.2) is 0 Å².